The Morgan fingerprint density at radius 3 is 2.35 bits per heavy atom. The van der Waals surface area contributed by atoms with Gasteiger partial charge >= 0.3 is 5.97 Å². The molecule has 2 rings (SSSR count). The molecule has 0 aliphatic heterocycles. The number of rotatable bonds is 5. The maximum atomic E-state index is 12.0. The fraction of sp³-hybridized carbons (Fsp3) is 0.267. The van der Waals surface area contributed by atoms with Gasteiger partial charge in [-0.25, -0.2) is 4.79 Å². The van der Waals surface area contributed by atoms with E-state index in [1.54, 1.807) is 10.8 Å². The Morgan fingerprint density at radius 1 is 1.10 bits per heavy atom. The van der Waals surface area contributed by atoms with Crippen molar-refractivity contribution in [1.29, 1.82) is 0 Å². The molecule has 2 aromatic rings. The summed E-state index contributed by atoms with van der Waals surface area (Å²) in [5.41, 5.74) is 1.41. The maximum Gasteiger partial charge on any atom is 0.358 e. The molecular weight excluding hydrogens is 258 g/mol. The highest BCUT2D eigenvalue weighted by Gasteiger charge is 2.24. The van der Waals surface area contributed by atoms with Crippen molar-refractivity contribution in [3.63, 3.8) is 0 Å². The van der Waals surface area contributed by atoms with Crippen molar-refractivity contribution in [2.24, 2.45) is 0 Å². The van der Waals surface area contributed by atoms with E-state index in [0.717, 1.165) is 5.56 Å². The second kappa shape index (κ2) is 6.14. The van der Waals surface area contributed by atoms with Crippen LogP contribution in [0.15, 0.2) is 36.5 Å². The lowest BCUT2D eigenvalue weighted by atomic mass is 10.2. The minimum absolute atomic E-state index is 0.343. The fourth-order valence-corrected chi connectivity index (χ4v) is 2.07. The molecule has 20 heavy (non-hydrogen) atoms. The van der Waals surface area contributed by atoms with Crippen molar-refractivity contribution in [2.75, 3.05) is 21.3 Å². The van der Waals surface area contributed by atoms with E-state index in [1.165, 1.54) is 21.3 Å². The first-order valence-electron chi connectivity index (χ1n) is 6.14. The monoisotopic (exact) mass is 275 g/mol. The van der Waals surface area contributed by atoms with Gasteiger partial charge in [0.05, 0.1) is 27.5 Å². The molecular formula is C15H17NO4. The van der Waals surface area contributed by atoms with Crippen LogP contribution in [0.2, 0.25) is 0 Å². The quantitative estimate of drug-likeness (QED) is 0.786. The first kappa shape index (κ1) is 14.0. The fourth-order valence-electron chi connectivity index (χ4n) is 2.07. The highest BCUT2D eigenvalue weighted by molar-refractivity contribution is 5.92. The zero-order chi connectivity index (χ0) is 14.5. The molecule has 0 bridgehead atoms. The first-order valence-corrected chi connectivity index (χ1v) is 6.14. The largest absolute Gasteiger partial charge is 0.491 e. The molecule has 1 heterocycles. The smallest absolute Gasteiger partial charge is 0.358 e. The lowest BCUT2D eigenvalue weighted by Gasteiger charge is -2.08. The summed E-state index contributed by atoms with van der Waals surface area (Å²) in [6.07, 6.45) is 1.73. The van der Waals surface area contributed by atoms with E-state index in [1.807, 2.05) is 30.3 Å². The second-order valence-corrected chi connectivity index (χ2v) is 4.18. The molecule has 0 amide bonds. The number of ether oxygens (including phenoxy) is 3. The minimum Gasteiger partial charge on any atom is -0.491 e. The van der Waals surface area contributed by atoms with Crippen LogP contribution in [0, 0.1) is 0 Å². The summed E-state index contributed by atoms with van der Waals surface area (Å²) in [6.45, 7) is 0.533. The normalized spacial score (nSPS) is 10.2. The summed E-state index contributed by atoms with van der Waals surface area (Å²) in [5.74, 6) is 0.431. The summed E-state index contributed by atoms with van der Waals surface area (Å²) in [4.78, 5) is 12.0. The van der Waals surface area contributed by atoms with E-state index in [0.29, 0.717) is 23.7 Å². The molecule has 0 N–H and O–H groups in total. The molecule has 0 atom stereocenters. The van der Waals surface area contributed by atoms with E-state index >= 15 is 0 Å². The number of benzene rings is 1. The Hall–Kier alpha value is -2.43. The first-order chi connectivity index (χ1) is 9.71. The summed E-state index contributed by atoms with van der Waals surface area (Å²) in [6, 6.07) is 9.82. The lowest BCUT2D eigenvalue weighted by Crippen LogP contribution is -2.12. The molecule has 1 aromatic heterocycles. The van der Waals surface area contributed by atoms with Crippen LogP contribution in [-0.2, 0) is 11.3 Å². The molecule has 0 saturated heterocycles. The molecule has 0 fully saturated rings. The number of nitrogens with zero attached hydrogens (tertiary/aromatic N) is 1. The predicted molar refractivity (Wildman–Crippen MR) is 74.4 cm³/mol. The molecule has 0 aliphatic carbocycles. The molecule has 0 spiro atoms. The predicted octanol–water partition coefficient (Wildman–Crippen LogP) is 2.34. The van der Waals surface area contributed by atoms with Crippen molar-refractivity contribution in [2.45, 2.75) is 6.54 Å². The summed E-state index contributed by atoms with van der Waals surface area (Å²) < 4.78 is 17.1. The van der Waals surface area contributed by atoms with Gasteiger partial charge in [0.15, 0.2) is 17.2 Å². The zero-order valence-electron chi connectivity index (χ0n) is 11.8. The number of aromatic nitrogens is 1. The number of esters is 1. The van der Waals surface area contributed by atoms with E-state index in [9.17, 15) is 4.79 Å². The molecule has 1 aromatic carbocycles. The van der Waals surface area contributed by atoms with Gasteiger partial charge in [0.2, 0.25) is 0 Å². The Balaban J connectivity index is 2.46. The Bertz CT molecular complexity index is 589. The topological polar surface area (TPSA) is 49.7 Å². The molecule has 106 valence electrons. The second-order valence-electron chi connectivity index (χ2n) is 4.18. The van der Waals surface area contributed by atoms with Gasteiger partial charge in [0.25, 0.3) is 0 Å². The summed E-state index contributed by atoms with van der Waals surface area (Å²) >= 11 is 0. The van der Waals surface area contributed by atoms with Crippen LogP contribution in [-0.4, -0.2) is 31.9 Å². The van der Waals surface area contributed by atoms with Gasteiger partial charge in [-0.15, -0.1) is 0 Å². The van der Waals surface area contributed by atoms with E-state index < -0.39 is 5.97 Å². The third-order valence-corrected chi connectivity index (χ3v) is 3.00. The molecule has 5 heteroatoms. The minimum atomic E-state index is -0.457. The van der Waals surface area contributed by atoms with Crippen molar-refractivity contribution < 1.29 is 19.0 Å². The average Bonchev–Trinajstić information content (AvgIpc) is 2.84. The van der Waals surface area contributed by atoms with Crippen molar-refractivity contribution in [3.05, 3.63) is 47.8 Å². The number of hydrogen-bond acceptors (Lipinski definition) is 4. The number of carbonyl (C=O) groups is 1. The number of hydrogen-bond donors (Lipinski definition) is 0. The van der Waals surface area contributed by atoms with Crippen molar-refractivity contribution in [3.8, 4) is 11.5 Å². The van der Waals surface area contributed by atoms with Crippen LogP contribution in [0.1, 0.15) is 16.1 Å². The molecule has 5 nitrogen and oxygen atoms in total. The number of carbonyl (C=O) groups excluding carboxylic acids is 1. The van der Waals surface area contributed by atoms with Crippen molar-refractivity contribution in [1.82, 2.24) is 4.57 Å². The molecule has 0 saturated carbocycles. The third-order valence-electron chi connectivity index (χ3n) is 3.00. The van der Waals surface area contributed by atoms with Crippen LogP contribution in [0.4, 0.5) is 0 Å². The highest BCUT2D eigenvalue weighted by atomic mass is 16.5. The lowest BCUT2D eigenvalue weighted by molar-refractivity contribution is 0.0585. The van der Waals surface area contributed by atoms with Gasteiger partial charge in [-0.1, -0.05) is 30.3 Å². The van der Waals surface area contributed by atoms with E-state index in [4.69, 9.17) is 14.2 Å². The average molecular weight is 275 g/mol. The van der Waals surface area contributed by atoms with Crippen molar-refractivity contribution >= 4 is 5.97 Å². The van der Waals surface area contributed by atoms with Gasteiger partial charge in [-0.2, -0.15) is 0 Å². The zero-order valence-corrected chi connectivity index (χ0v) is 11.8. The van der Waals surface area contributed by atoms with Gasteiger partial charge in [0, 0.05) is 6.54 Å². The van der Waals surface area contributed by atoms with Crippen LogP contribution in [0.5, 0.6) is 11.5 Å². The summed E-state index contributed by atoms with van der Waals surface area (Å²) in [7, 11) is 4.37. The third kappa shape index (κ3) is 2.61. The Morgan fingerprint density at radius 2 is 1.80 bits per heavy atom. The van der Waals surface area contributed by atoms with Gasteiger partial charge < -0.3 is 18.8 Å². The molecule has 0 aliphatic rings. The maximum absolute atomic E-state index is 12.0. The SMILES string of the molecule is COC(=O)c1c(OC)c(OC)cn1Cc1ccccc1. The number of methoxy groups -OCH3 is 3. The van der Waals surface area contributed by atoms with Gasteiger partial charge in [-0.3, -0.25) is 0 Å². The van der Waals surface area contributed by atoms with Gasteiger partial charge in [0.1, 0.15) is 0 Å². The van der Waals surface area contributed by atoms with E-state index in [2.05, 4.69) is 0 Å². The summed E-state index contributed by atoms with van der Waals surface area (Å²) in [5, 5.41) is 0. The van der Waals surface area contributed by atoms with Gasteiger partial charge in [-0.05, 0) is 5.56 Å². The van der Waals surface area contributed by atoms with E-state index in [-0.39, 0.29) is 0 Å². The van der Waals surface area contributed by atoms with Crippen LogP contribution in [0.3, 0.4) is 0 Å². The Kier molecular flexibility index (Phi) is 4.30. The molecule has 0 radical (unpaired) electrons. The standard InChI is InChI=1S/C15H17NO4/c1-18-12-10-16(9-11-7-5-4-6-8-11)13(14(12)19-2)15(17)20-3/h4-8,10H,9H2,1-3H3. The molecule has 0 unspecified atom stereocenters. The van der Waals surface area contributed by atoms with Crippen LogP contribution in [0.25, 0.3) is 0 Å². The Labute approximate surface area is 117 Å². The highest BCUT2D eigenvalue weighted by Crippen LogP contribution is 2.34. The van der Waals surface area contributed by atoms with Crippen LogP contribution >= 0.6 is 0 Å². The van der Waals surface area contributed by atoms with Crippen LogP contribution < -0.4 is 9.47 Å².